The molecule has 0 aliphatic carbocycles. The Bertz CT molecular complexity index is 723. The first-order chi connectivity index (χ1) is 9.10. The second-order valence-electron chi connectivity index (χ2n) is 5.38. The monoisotopic (exact) mass is 317 g/mol. The molecule has 1 atom stereocenters. The second-order valence-corrected chi connectivity index (χ2v) is 9.47. The van der Waals surface area contributed by atoms with Crippen molar-refractivity contribution in [2.24, 2.45) is 0 Å². The lowest BCUT2D eigenvalue weighted by atomic mass is 10.1. The maximum absolute atomic E-state index is 12.1. The molecule has 2 rings (SSSR count). The molecule has 1 saturated heterocycles. The molecule has 20 heavy (non-hydrogen) atoms. The fourth-order valence-corrected chi connectivity index (χ4v) is 5.51. The van der Waals surface area contributed by atoms with E-state index in [0.717, 1.165) is 17.4 Å². The van der Waals surface area contributed by atoms with Crippen LogP contribution in [0.25, 0.3) is 0 Å². The lowest BCUT2D eigenvalue weighted by Crippen LogP contribution is -2.40. The number of anilines is 1. The summed E-state index contributed by atoms with van der Waals surface area (Å²) in [5.41, 5.74) is 2.59. The molecule has 0 unspecified atom stereocenters. The van der Waals surface area contributed by atoms with E-state index in [1.165, 1.54) is 4.31 Å². The van der Waals surface area contributed by atoms with E-state index in [2.05, 4.69) is 0 Å². The summed E-state index contributed by atoms with van der Waals surface area (Å²) >= 11 is 0. The van der Waals surface area contributed by atoms with E-state index in [0.29, 0.717) is 12.1 Å². The van der Waals surface area contributed by atoms with Gasteiger partial charge in [0.25, 0.3) is 0 Å². The van der Waals surface area contributed by atoms with Crippen molar-refractivity contribution in [3.05, 3.63) is 29.3 Å². The average molecular weight is 317 g/mol. The molecule has 1 heterocycles. The van der Waals surface area contributed by atoms with Crippen molar-refractivity contribution < 1.29 is 16.8 Å². The van der Waals surface area contributed by atoms with Gasteiger partial charge in [-0.05, 0) is 43.5 Å². The van der Waals surface area contributed by atoms with Crippen molar-refractivity contribution in [3.8, 4) is 0 Å². The minimum Gasteiger partial charge on any atom is -0.266 e. The quantitative estimate of drug-likeness (QED) is 0.841. The number of hydrogen-bond acceptors (Lipinski definition) is 4. The normalized spacial score (nSPS) is 21.9. The molecule has 0 N–H and O–H groups in total. The predicted molar refractivity (Wildman–Crippen MR) is 80.3 cm³/mol. The Kier molecular flexibility index (Phi) is 3.85. The zero-order valence-corrected chi connectivity index (χ0v) is 13.5. The van der Waals surface area contributed by atoms with Crippen LogP contribution >= 0.6 is 0 Å². The smallest absolute Gasteiger partial charge is 0.232 e. The van der Waals surface area contributed by atoms with Gasteiger partial charge in [0.2, 0.25) is 10.0 Å². The van der Waals surface area contributed by atoms with Crippen molar-refractivity contribution in [2.45, 2.75) is 26.3 Å². The van der Waals surface area contributed by atoms with E-state index in [9.17, 15) is 16.8 Å². The van der Waals surface area contributed by atoms with Crippen molar-refractivity contribution in [2.75, 3.05) is 22.1 Å². The van der Waals surface area contributed by atoms with Gasteiger partial charge >= 0.3 is 0 Å². The van der Waals surface area contributed by atoms with E-state index >= 15 is 0 Å². The number of aryl methyl sites for hydroxylation is 2. The summed E-state index contributed by atoms with van der Waals surface area (Å²) in [5, 5.41) is 0. The van der Waals surface area contributed by atoms with E-state index in [4.69, 9.17) is 0 Å². The van der Waals surface area contributed by atoms with Crippen molar-refractivity contribution in [3.63, 3.8) is 0 Å². The molecule has 0 radical (unpaired) electrons. The Hall–Kier alpha value is -1.08. The number of hydrogen-bond donors (Lipinski definition) is 0. The Labute approximate surface area is 120 Å². The lowest BCUT2D eigenvalue weighted by molar-refractivity contribution is 0.586. The fourth-order valence-electron chi connectivity index (χ4n) is 2.50. The maximum atomic E-state index is 12.1. The highest BCUT2D eigenvalue weighted by molar-refractivity contribution is 7.93. The van der Waals surface area contributed by atoms with Gasteiger partial charge in [-0.3, -0.25) is 4.31 Å². The van der Waals surface area contributed by atoms with Crippen LogP contribution in [-0.2, 0) is 19.9 Å². The largest absolute Gasteiger partial charge is 0.266 e. The summed E-state index contributed by atoms with van der Waals surface area (Å²) in [7, 11) is -6.65. The Morgan fingerprint density at radius 3 is 2.30 bits per heavy atom. The molecular weight excluding hydrogens is 298 g/mol. The van der Waals surface area contributed by atoms with Gasteiger partial charge in [-0.15, -0.1) is 0 Å². The molecule has 0 bridgehead atoms. The summed E-state index contributed by atoms with van der Waals surface area (Å²) in [5.74, 6) is -0.0540. The number of nitrogens with zero attached hydrogens (tertiary/aromatic N) is 1. The average Bonchev–Trinajstić information content (AvgIpc) is 2.62. The maximum Gasteiger partial charge on any atom is 0.232 e. The number of sulfonamides is 1. The summed E-state index contributed by atoms with van der Waals surface area (Å²) < 4.78 is 48.6. The van der Waals surface area contributed by atoms with Gasteiger partial charge in [-0.2, -0.15) is 0 Å². The molecule has 0 aromatic heterocycles. The van der Waals surface area contributed by atoms with Crippen molar-refractivity contribution >= 4 is 25.5 Å². The van der Waals surface area contributed by atoms with Crippen LogP contribution in [0, 0.1) is 13.8 Å². The molecule has 1 fully saturated rings. The standard InChI is InChI=1S/C13H19NO4S2/c1-10-4-5-12(8-11(10)2)14(19(3,15)16)13-6-7-20(17,18)9-13/h4-5,8,13H,6-7,9H2,1-3H3/t13-/m1/s1. The molecule has 112 valence electrons. The third-order valence-electron chi connectivity index (χ3n) is 3.64. The highest BCUT2D eigenvalue weighted by atomic mass is 32.2. The molecule has 0 spiro atoms. The molecular formula is C13H19NO4S2. The van der Waals surface area contributed by atoms with E-state index < -0.39 is 25.9 Å². The fraction of sp³-hybridized carbons (Fsp3) is 0.538. The summed E-state index contributed by atoms with van der Waals surface area (Å²) in [6.45, 7) is 3.86. The number of rotatable bonds is 3. The van der Waals surface area contributed by atoms with E-state index in [1.807, 2.05) is 19.9 Å². The third kappa shape index (κ3) is 3.15. The van der Waals surface area contributed by atoms with Crippen LogP contribution in [0.3, 0.4) is 0 Å². The van der Waals surface area contributed by atoms with Gasteiger partial charge < -0.3 is 0 Å². The van der Waals surface area contributed by atoms with Crippen molar-refractivity contribution in [1.29, 1.82) is 0 Å². The van der Waals surface area contributed by atoms with Gasteiger partial charge in [0, 0.05) is 0 Å². The molecule has 0 saturated carbocycles. The van der Waals surface area contributed by atoms with Gasteiger partial charge in [0.05, 0.1) is 29.5 Å². The van der Waals surface area contributed by atoms with Gasteiger partial charge in [-0.25, -0.2) is 16.8 Å². The van der Waals surface area contributed by atoms with Crippen LogP contribution in [0.1, 0.15) is 17.5 Å². The van der Waals surface area contributed by atoms with Crippen LogP contribution in [-0.4, -0.2) is 40.6 Å². The van der Waals surface area contributed by atoms with E-state index in [1.54, 1.807) is 12.1 Å². The molecule has 1 aromatic carbocycles. The van der Waals surface area contributed by atoms with E-state index in [-0.39, 0.29) is 11.5 Å². The van der Waals surface area contributed by atoms with Crippen LogP contribution in [0.2, 0.25) is 0 Å². The minimum absolute atomic E-state index is 0.0501. The highest BCUT2D eigenvalue weighted by Crippen LogP contribution is 2.28. The Morgan fingerprint density at radius 2 is 1.85 bits per heavy atom. The highest BCUT2D eigenvalue weighted by Gasteiger charge is 2.36. The Morgan fingerprint density at radius 1 is 1.20 bits per heavy atom. The zero-order valence-electron chi connectivity index (χ0n) is 11.8. The summed E-state index contributed by atoms with van der Waals surface area (Å²) in [6.07, 6.45) is 1.47. The zero-order chi connectivity index (χ0) is 15.1. The predicted octanol–water partition coefficient (Wildman–Crippen LogP) is 1.26. The first-order valence-electron chi connectivity index (χ1n) is 6.37. The van der Waals surface area contributed by atoms with Crippen LogP contribution in [0.4, 0.5) is 5.69 Å². The summed E-state index contributed by atoms with van der Waals surface area (Å²) in [4.78, 5) is 0. The summed E-state index contributed by atoms with van der Waals surface area (Å²) in [6, 6.07) is 4.87. The molecule has 1 aliphatic rings. The van der Waals surface area contributed by atoms with Gasteiger partial charge in [0.15, 0.2) is 9.84 Å². The van der Waals surface area contributed by atoms with Gasteiger partial charge in [-0.1, -0.05) is 6.07 Å². The molecule has 7 heteroatoms. The van der Waals surface area contributed by atoms with Crippen LogP contribution in [0.15, 0.2) is 18.2 Å². The second kappa shape index (κ2) is 5.04. The third-order valence-corrected chi connectivity index (χ3v) is 6.62. The number of sulfone groups is 1. The van der Waals surface area contributed by atoms with Crippen LogP contribution < -0.4 is 4.31 Å². The number of benzene rings is 1. The first kappa shape index (κ1) is 15.3. The topological polar surface area (TPSA) is 71.5 Å². The molecule has 1 aliphatic heterocycles. The van der Waals surface area contributed by atoms with Crippen LogP contribution in [0.5, 0.6) is 0 Å². The molecule has 0 amide bonds. The van der Waals surface area contributed by atoms with Crippen molar-refractivity contribution in [1.82, 2.24) is 0 Å². The molecule has 5 nitrogen and oxygen atoms in total. The van der Waals surface area contributed by atoms with Gasteiger partial charge in [0.1, 0.15) is 0 Å². The SMILES string of the molecule is Cc1ccc(N([C@@H]2CCS(=O)(=O)C2)S(C)(=O)=O)cc1C. The molecule has 1 aromatic rings. The Balaban J connectivity index is 2.46. The first-order valence-corrected chi connectivity index (χ1v) is 10.0. The minimum atomic E-state index is -3.51. The lowest BCUT2D eigenvalue weighted by Gasteiger charge is -2.28.